The van der Waals surface area contributed by atoms with Crippen molar-refractivity contribution in [2.24, 2.45) is 17.8 Å². The van der Waals surface area contributed by atoms with Crippen LogP contribution in [0.5, 0.6) is 0 Å². The maximum absolute atomic E-state index is 12.9. The first kappa shape index (κ1) is 30.1. The van der Waals surface area contributed by atoms with Gasteiger partial charge in [-0.15, -0.1) is 0 Å². The van der Waals surface area contributed by atoms with Crippen LogP contribution in [0.2, 0.25) is 19.6 Å². The molecule has 0 N–H and O–H groups in total. The van der Waals surface area contributed by atoms with E-state index in [0.717, 1.165) is 18.3 Å². The molecule has 1 heterocycles. The molecule has 34 heavy (non-hydrogen) atoms. The normalized spacial score (nSPS) is 34.4. The fraction of sp³-hybridized carbons (Fsp3) is 0.630. The van der Waals surface area contributed by atoms with Crippen molar-refractivity contribution in [1.82, 2.24) is 0 Å². The summed E-state index contributed by atoms with van der Waals surface area (Å²) in [5.74, 6) is -0.707. The molecular weight excluding hydrogens is 448 g/mol. The van der Waals surface area contributed by atoms with E-state index in [9.17, 15) is 9.59 Å². The van der Waals surface area contributed by atoms with E-state index < -0.39 is 32.4 Å². The molecule has 0 saturated carbocycles. The number of aldehydes is 1. The largest absolute Gasteiger partial charge is 0.490 e. The summed E-state index contributed by atoms with van der Waals surface area (Å²) >= 11 is 0. The van der Waals surface area contributed by atoms with Crippen molar-refractivity contribution in [2.75, 3.05) is 14.2 Å². The molecule has 6 nitrogen and oxygen atoms in total. The van der Waals surface area contributed by atoms with Crippen molar-refractivity contribution < 1.29 is 28.2 Å². The van der Waals surface area contributed by atoms with Gasteiger partial charge in [0.05, 0.1) is 19.1 Å². The summed E-state index contributed by atoms with van der Waals surface area (Å²) in [6, 6.07) is 0. The van der Waals surface area contributed by atoms with E-state index in [1.165, 1.54) is 19.8 Å². The van der Waals surface area contributed by atoms with Crippen LogP contribution in [0.1, 0.15) is 41.0 Å². The van der Waals surface area contributed by atoms with Gasteiger partial charge in [0, 0.05) is 7.11 Å². The Balaban J connectivity index is 3.54. The molecule has 1 aliphatic heterocycles. The Bertz CT molecular complexity index is 804. The molecule has 0 saturated heterocycles. The first-order valence-electron chi connectivity index (χ1n) is 12.0. The number of cyclic esters (lactones) is 1. The highest BCUT2D eigenvalue weighted by Crippen LogP contribution is 2.28. The van der Waals surface area contributed by atoms with E-state index in [1.54, 1.807) is 13.0 Å². The van der Waals surface area contributed by atoms with Crippen LogP contribution in [0.15, 0.2) is 47.3 Å². The summed E-state index contributed by atoms with van der Waals surface area (Å²) in [5.41, 5.74) is 2.08. The zero-order chi connectivity index (χ0) is 26.1. The number of esters is 1. The number of hydrogen-bond donors (Lipinski definition) is 0. The lowest BCUT2D eigenvalue weighted by Crippen LogP contribution is -2.39. The smallest absolute Gasteiger partial charge is 0.373 e. The monoisotopic (exact) mass is 492 g/mol. The molecule has 1 rings (SSSR count). The Morgan fingerprint density at radius 1 is 1.18 bits per heavy atom. The Labute approximate surface area is 207 Å². The molecule has 0 fully saturated rings. The van der Waals surface area contributed by atoms with Gasteiger partial charge < -0.3 is 23.4 Å². The van der Waals surface area contributed by atoms with E-state index in [1.807, 2.05) is 25.2 Å². The van der Waals surface area contributed by atoms with Crippen LogP contribution in [0, 0.1) is 17.8 Å². The zero-order valence-electron chi connectivity index (χ0n) is 22.6. The minimum absolute atomic E-state index is 0.0396. The SMILES string of the molecule is CO/C1=C\C(C)=C\[C@@H](C)[C@@H](O[Si](C)(C)C)[C@@H](C)C/C(C)=C/C=C/[C@H](OC)[C@@H]([C@H](C)C=O)OC1=O. The molecular formula is C27H44O6Si. The summed E-state index contributed by atoms with van der Waals surface area (Å²) in [7, 11) is 1.18. The van der Waals surface area contributed by atoms with Crippen LogP contribution in [0.3, 0.4) is 0 Å². The summed E-state index contributed by atoms with van der Waals surface area (Å²) in [6.07, 6.45) is 9.85. The zero-order valence-corrected chi connectivity index (χ0v) is 23.6. The molecule has 0 aliphatic carbocycles. The van der Waals surface area contributed by atoms with E-state index >= 15 is 0 Å². The van der Waals surface area contributed by atoms with Crippen LogP contribution in [0.25, 0.3) is 0 Å². The average molecular weight is 493 g/mol. The number of ether oxygens (including phenoxy) is 3. The van der Waals surface area contributed by atoms with Gasteiger partial charge in [-0.2, -0.15) is 0 Å². The van der Waals surface area contributed by atoms with Crippen LogP contribution < -0.4 is 0 Å². The molecule has 192 valence electrons. The Morgan fingerprint density at radius 2 is 1.82 bits per heavy atom. The van der Waals surface area contributed by atoms with Gasteiger partial charge in [-0.05, 0) is 57.8 Å². The van der Waals surface area contributed by atoms with Crippen molar-refractivity contribution in [2.45, 2.75) is 79.0 Å². The molecule has 0 radical (unpaired) electrons. The lowest BCUT2D eigenvalue weighted by Gasteiger charge is -2.34. The van der Waals surface area contributed by atoms with Crippen molar-refractivity contribution in [3.05, 3.63) is 47.3 Å². The Kier molecular flexibility index (Phi) is 12.2. The fourth-order valence-electron chi connectivity index (χ4n) is 4.19. The van der Waals surface area contributed by atoms with Crippen molar-refractivity contribution in [3.63, 3.8) is 0 Å². The molecule has 1 aliphatic rings. The predicted molar refractivity (Wildman–Crippen MR) is 139 cm³/mol. The van der Waals surface area contributed by atoms with Crippen LogP contribution in [0.4, 0.5) is 0 Å². The quantitative estimate of drug-likeness (QED) is 0.272. The second-order valence-corrected chi connectivity index (χ2v) is 14.8. The highest BCUT2D eigenvalue weighted by atomic mass is 28.4. The van der Waals surface area contributed by atoms with Crippen molar-refractivity contribution >= 4 is 20.6 Å². The van der Waals surface area contributed by atoms with Gasteiger partial charge in [0.2, 0.25) is 5.76 Å². The van der Waals surface area contributed by atoms with Crippen molar-refractivity contribution in [3.8, 4) is 0 Å². The topological polar surface area (TPSA) is 71.1 Å². The van der Waals surface area contributed by atoms with E-state index in [4.69, 9.17) is 18.6 Å². The molecule has 0 aromatic heterocycles. The number of allylic oxidation sites excluding steroid dienone is 5. The third kappa shape index (κ3) is 9.72. The van der Waals surface area contributed by atoms with Gasteiger partial charge in [0.1, 0.15) is 18.5 Å². The third-order valence-corrected chi connectivity index (χ3v) is 6.75. The average Bonchev–Trinajstić information content (AvgIpc) is 2.75. The van der Waals surface area contributed by atoms with E-state index in [0.29, 0.717) is 5.92 Å². The lowest BCUT2D eigenvalue weighted by atomic mass is 9.87. The number of hydrogen-bond acceptors (Lipinski definition) is 6. The fourth-order valence-corrected chi connectivity index (χ4v) is 5.46. The molecule has 7 heteroatoms. The molecule has 0 unspecified atom stereocenters. The first-order chi connectivity index (χ1) is 15.8. The molecule has 0 spiro atoms. The molecule has 0 bridgehead atoms. The summed E-state index contributed by atoms with van der Waals surface area (Å²) in [5, 5.41) is 0. The Morgan fingerprint density at radius 3 is 2.35 bits per heavy atom. The second-order valence-electron chi connectivity index (χ2n) is 10.3. The molecule has 0 aromatic rings. The van der Waals surface area contributed by atoms with E-state index in [2.05, 4.69) is 46.5 Å². The summed E-state index contributed by atoms with van der Waals surface area (Å²) in [6.45, 7) is 16.7. The molecule has 0 aromatic carbocycles. The highest BCUT2D eigenvalue weighted by molar-refractivity contribution is 6.69. The number of methoxy groups -OCH3 is 2. The second kappa shape index (κ2) is 13.8. The van der Waals surface area contributed by atoms with Crippen LogP contribution >= 0.6 is 0 Å². The van der Waals surface area contributed by atoms with Crippen LogP contribution in [-0.4, -0.2) is 53.1 Å². The van der Waals surface area contributed by atoms with Crippen molar-refractivity contribution in [1.29, 1.82) is 0 Å². The number of carbonyl (C=O) groups excluding carboxylic acids is 2. The number of carbonyl (C=O) groups is 2. The standard InChI is InChI=1S/C27H44O6Si/c1-18-12-11-13-23(30-6)26(22(5)17-28)32-27(29)24(31-7)16-19(2)15-21(4)25(20(3)14-18)33-34(8,9)10/h11-13,15-17,20-23,25-26H,14H2,1-10H3/b13-11+,18-12+,19-15+,24-16-/t20-,21+,22+,23-,25-,26+/m0/s1. The maximum Gasteiger partial charge on any atom is 0.373 e. The number of rotatable bonds is 6. The predicted octanol–water partition coefficient (Wildman–Crippen LogP) is 5.62. The minimum atomic E-state index is -1.78. The highest BCUT2D eigenvalue weighted by Gasteiger charge is 2.31. The van der Waals surface area contributed by atoms with E-state index in [-0.39, 0.29) is 17.8 Å². The third-order valence-electron chi connectivity index (χ3n) is 5.77. The summed E-state index contributed by atoms with van der Waals surface area (Å²) in [4.78, 5) is 24.5. The minimum Gasteiger partial charge on any atom is -0.490 e. The Hall–Kier alpha value is -1.96. The molecule has 6 atom stereocenters. The maximum atomic E-state index is 12.9. The van der Waals surface area contributed by atoms with Gasteiger partial charge in [-0.3, -0.25) is 0 Å². The van der Waals surface area contributed by atoms with Gasteiger partial charge >= 0.3 is 5.97 Å². The van der Waals surface area contributed by atoms with Gasteiger partial charge in [0.25, 0.3) is 0 Å². The first-order valence-corrected chi connectivity index (χ1v) is 15.4. The molecule has 0 amide bonds. The van der Waals surface area contributed by atoms with Gasteiger partial charge in [0.15, 0.2) is 8.32 Å². The lowest BCUT2D eigenvalue weighted by molar-refractivity contribution is -0.157. The summed E-state index contributed by atoms with van der Waals surface area (Å²) < 4.78 is 23.3. The van der Waals surface area contributed by atoms with Gasteiger partial charge in [-0.1, -0.05) is 56.2 Å². The van der Waals surface area contributed by atoms with Gasteiger partial charge in [-0.25, -0.2) is 4.79 Å². The van der Waals surface area contributed by atoms with Crippen LogP contribution in [-0.2, 0) is 28.2 Å².